The zero-order chi connectivity index (χ0) is 23.5. The lowest BCUT2D eigenvalue weighted by atomic mass is 9.45. The summed E-state index contributed by atoms with van der Waals surface area (Å²) in [6, 6.07) is 13.5. The fraction of sp³-hybridized carbons (Fsp3) is 0.517. The molecular weight excluding hydrogens is 426 g/mol. The number of methoxy groups -OCH3 is 1. The molecule has 2 aromatic carbocycles. The fourth-order valence-corrected chi connectivity index (χ4v) is 8.30. The highest BCUT2D eigenvalue weighted by molar-refractivity contribution is 5.84. The lowest BCUT2D eigenvalue weighted by molar-refractivity contribution is -0.231. The number of likely N-dealkylation sites (tertiary alicyclic amines) is 1. The summed E-state index contributed by atoms with van der Waals surface area (Å²) < 4.78 is 26.7. The van der Waals surface area contributed by atoms with Crippen LogP contribution in [0.5, 0.6) is 11.5 Å². The first-order valence-electron chi connectivity index (χ1n) is 12.7. The van der Waals surface area contributed by atoms with Gasteiger partial charge in [0.1, 0.15) is 11.2 Å². The van der Waals surface area contributed by atoms with Crippen molar-refractivity contribution < 1.29 is 18.6 Å². The van der Waals surface area contributed by atoms with E-state index >= 15 is 0 Å². The Balaban J connectivity index is 1.63. The largest absolute Gasteiger partial charge is 0.493 e. The topological polar surface area (TPSA) is 44.1 Å². The quantitative estimate of drug-likeness (QED) is 0.526. The minimum absolute atomic E-state index is 0.262. The first-order chi connectivity index (χ1) is 16.4. The Morgan fingerprint density at radius 2 is 2.00 bits per heavy atom. The van der Waals surface area contributed by atoms with Crippen molar-refractivity contribution in [3.63, 3.8) is 0 Å². The number of fused-ring (bicyclic) bond motifs is 4. The van der Waals surface area contributed by atoms with E-state index in [4.69, 9.17) is 18.6 Å². The normalized spacial score (nSPS) is 33.1. The number of rotatable bonds is 4. The summed E-state index contributed by atoms with van der Waals surface area (Å²) in [5.74, 6) is 2.65. The standard InChI is InChI=1S/C29H33NO4/c1-6-32-29-16-20-19-9-7-8-10-21(19)33-26(20)27(4)28(29)13-14-30(17(2)3)23(29)15-18-11-12-22(31-5)25(34-27)24(18)28/h7-12,17,23H,6,13-16H2,1-5H3. The van der Waals surface area contributed by atoms with Crippen LogP contribution in [0.4, 0.5) is 0 Å². The molecule has 178 valence electrons. The summed E-state index contributed by atoms with van der Waals surface area (Å²) in [6.07, 6.45) is 2.74. The monoisotopic (exact) mass is 459 g/mol. The lowest BCUT2D eigenvalue weighted by Crippen LogP contribution is -2.79. The van der Waals surface area contributed by atoms with Crippen molar-refractivity contribution in [3.05, 3.63) is 58.8 Å². The van der Waals surface area contributed by atoms with Crippen molar-refractivity contribution in [2.75, 3.05) is 20.3 Å². The number of hydrogen-bond donors (Lipinski definition) is 0. The molecule has 4 unspecified atom stereocenters. The molecule has 0 saturated carbocycles. The van der Waals surface area contributed by atoms with Crippen LogP contribution in [-0.4, -0.2) is 42.8 Å². The minimum Gasteiger partial charge on any atom is -0.493 e. The molecule has 1 aromatic heterocycles. The number of para-hydroxylation sites is 1. The third kappa shape index (κ3) is 2.07. The molecule has 1 saturated heterocycles. The van der Waals surface area contributed by atoms with Crippen molar-refractivity contribution in [2.24, 2.45) is 0 Å². The van der Waals surface area contributed by atoms with E-state index in [1.165, 1.54) is 22.1 Å². The van der Waals surface area contributed by atoms with Gasteiger partial charge in [-0.1, -0.05) is 24.3 Å². The molecule has 4 atom stereocenters. The summed E-state index contributed by atoms with van der Waals surface area (Å²) >= 11 is 0. The Morgan fingerprint density at radius 3 is 2.76 bits per heavy atom. The van der Waals surface area contributed by atoms with E-state index in [-0.39, 0.29) is 11.5 Å². The van der Waals surface area contributed by atoms with E-state index < -0.39 is 11.2 Å². The highest BCUT2D eigenvalue weighted by atomic mass is 16.6. The third-order valence-corrected chi connectivity index (χ3v) is 9.43. The number of hydrogen-bond acceptors (Lipinski definition) is 5. The summed E-state index contributed by atoms with van der Waals surface area (Å²) in [4.78, 5) is 2.68. The Labute approximate surface area is 201 Å². The second kappa shape index (κ2) is 6.58. The smallest absolute Gasteiger partial charge is 0.176 e. The Kier molecular flexibility index (Phi) is 4.03. The van der Waals surface area contributed by atoms with E-state index in [0.717, 1.165) is 48.6 Å². The first kappa shape index (κ1) is 20.8. The van der Waals surface area contributed by atoms with Crippen molar-refractivity contribution >= 4 is 11.0 Å². The van der Waals surface area contributed by atoms with Crippen LogP contribution in [0, 0.1) is 0 Å². The van der Waals surface area contributed by atoms with Gasteiger partial charge in [0.25, 0.3) is 0 Å². The Hall–Kier alpha value is -2.50. The molecule has 1 fully saturated rings. The van der Waals surface area contributed by atoms with Gasteiger partial charge in [0.2, 0.25) is 0 Å². The zero-order valence-electron chi connectivity index (χ0n) is 20.7. The van der Waals surface area contributed by atoms with Gasteiger partial charge in [-0.25, -0.2) is 0 Å². The van der Waals surface area contributed by atoms with Crippen molar-refractivity contribution in [3.8, 4) is 11.5 Å². The van der Waals surface area contributed by atoms with Gasteiger partial charge >= 0.3 is 0 Å². The Morgan fingerprint density at radius 1 is 1.18 bits per heavy atom. The van der Waals surface area contributed by atoms with Gasteiger partial charge in [0, 0.05) is 41.6 Å². The molecular formula is C29H33NO4. The van der Waals surface area contributed by atoms with Crippen LogP contribution >= 0.6 is 0 Å². The number of nitrogens with zero attached hydrogens (tertiary/aromatic N) is 1. The molecule has 4 aliphatic rings. The molecule has 2 aliphatic carbocycles. The summed E-state index contributed by atoms with van der Waals surface area (Å²) in [7, 11) is 1.74. The molecule has 3 heterocycles. The summed E-state index contributed by atoms with van der Waals surface area (Å²) in [6.45, 7) is 10.7. The highest BCUT2D eigenvalue weighted by Gasteiger charge is 2.79. The summed E-state index contributed by atoms with van der Waals surface area (Å²) in [5.41, 5.74) is 3.40. The number of piperidine rings is 1. The molecule has 0 N–H and O–H groups in total. The van der Waals surface area contributed by atoms with Crippen molar-refractivity contribution in [2.45, 2.75) is 75.7 Å². The van der Waals surface area contributed by atoms with Crippen LogP contribution in [0.1, 0.15) is 56.6 Å². The molecule has 7 rings (SSSR count). The molecule has 2 bridgehead atoms. The number of furan rings is 1. The molecule has 3 aromatic rings. The van der Waals surface area contributed by atoms with Gasteiger partial charge in [-0.05, 0) is 64.8 Å². The van der Waals surface area contributed by atoms with Crippen LogP contribution in [0.25, 0.3) is 11.0 Å². The van der Waals surface area contributed by atoms with E-state index in [9.17, 15) is 0 Å². The number of benzene rings is 2. The van der Waals surface area contributed by atoms with Crippen LogP contribution in [-0.2, 0) is 28.6 Å². The molecule has 0 amide bonds. The molecule has 0 radical (unpaired) electrons. The predicted octanol–water partition coefficient (Wildman–Crippen LogP) is 5.36. The van der Waals surface area contributed by atoms with E-state index in [1.807, 2.05) is 6.07 Å². The van der Waals surface area contributed by atoms with E-state index in [2.05, 4.69) is 62.9 Å². The summed E-state index contributed by atoms with van der Waals surface area (Å²) in [5, 5.41) is 1.18. The van der Waals surface area contributed by atoms with Gasteiger partial charge in [0.15, 0.2) is 22.9 Å². The molecule has 1 spiro atoms. The van der Waals surface area contributed by atoms with Gasteiger partial charge in [0.05, 0.1) is 12.5 Å². The van der Waals surface area contributed by atoms with Gasteiger partial charge < -0.3 is 18.6 Å². The SMILES string of the molecule is CCOC12Cc3c(oc4ccccc34)C3(C)Oc4c(OC)ccc5c4C31CCN(C(C)C)C2C5. The van der Waals surface area contributed by atoms with E-state index in [0.29, 0.717) is 12.6 Å². The molecule has 34 heavy (non-hydrogen) atoms. The van der Waals surface area contributed by atoms with Gasteiger partial charge in [-0.3, -0.25) is 4.90 Å². The molecule has 5 nitrogen and oxygen atoms in total. The average molecular weight is 460 g/mol. The maximum absolute atomic E-state index is 7.09. The van der Waals surface area contributed by atoms with Crippen LogP contribution in [0.15, 0.2) is 40.8 Å². The minimum atomic E-state index is -0.678. The maximum Gasteiger partial charge on any atom is 0.176 e. The second-order valence-electron chi connectivity index (χ2n) is 10.9. The van der Waals surface area contributed by atoms with Crippen molar-refractivity contribution in [1.82, 2.24) is 4.90 Å². The van der Waals surface area contributed by atoms with Crippen molar-refractivity contribution in [1.29, 1.82) is 0 Å². The van der Waals surface area contributed by atoms with Crippen LogP contribution in [0.3, 0.4) is 0 Å². The molecule has 2 aliphatic heterocycles. The molecule has 5 heteroatoms. The fourth-order valence-electron chi connectivity index (χ4n) is 8.30. The zero-order valence-corrected chi connectivity index (χ0v) is 20.7. The predicted molar refractivity (Wildman–Crippen MR) is 131 cm³/mol. The third-order valence-electron chi connectivity index (χ3n) is 9.43. The second-order valence-corrected chi connectivity index (χ2v) is 10.9. The van der Waals surface area contributed by atoms with Gasteiger partial charge in [-0.15, -0.1) is 0 Å². The van der Waals surface area contributed by atoms with E-state index in [1.54, 1.807) is 7.11 Å². The maximum atomic E-state index is 7.09. The Bertz CT molecular complexity index is 1330. The van der Waals surface area contributed by atoms with Crippen LogP contribution in [0.2, 0.25) is 0 Å². The van der Waals surface area contributed by atoms with Gasteiger partial charge in [-0.2, -0.15) is 0 Å². The van der Waals surface area contributed by atoms with Crippen LogP contribution < -0.4 is 9.47 Å². The number of ether oxygens (including phenoxy) is 3. The lowest BCUT2D eigenvalue weighted by Gasteiger charge is -2.67. The highest BCUT2D eigenvalue weighted by Crippen LogP contribution is 2.72. The first-order valence-corrected chi connectivity index (χ1v) is 12.7. The average Bonchev–Trinajstić information content (AvgIpc) is 3.31.